The molecule has 0 spiro atoms. The molecule has 0 aromatic carbocycles. The van der Waals surface area contributed by atoms with E-state index in [1.807, 2.05) is 12.3 Å². The van der Waals surface area contributed by atoms with Crippen LogP contribution in [0.1, 0.15) is 36.9 Å². The minimum Gasteiger partial charge on any atom is -0.328 e. The molecule has 1 aromatic heterocycles. The second-order valence-electron chi connectivity index (χ2n) is 4.74. The van der Waals surface area contributed by atoms with Crippen LogP contribution in [0, 0.1) is 6.92 Å². The molecule has 0 atom stereocenters. The zero-order valence-electron chi connectivity index (χ0n) is 9.95. The molecule has 1 aromatic rings. The molecule has 3 nitrogen and oxygen atoms in total. The van der Waals surface area contributed by atoms with Gasteiger partial charge in [-0.25, -0.2) is 0 Å². The summed E-state index contributed by atoms with van der Waals surface area (Å²) in [5.41, 5.74) is 8.32. The molecular formula is C13H21N3. The first-order valence-electron chi connectivity index (χ1n) is 6.15. The van der Waals surface area contributed by atoms with E-state index >= 15 is 0 Å². The maximum Gasteiger partial charge on any atom is 0.0417 e. The second kappa shape index (κ2) is 5.41. The predicted molar refractivity (Wildman–Crippen MR) is 66.0 cm³/mol. The summed E-state index contributed by atoms with van der Waals surface area (Å²) in [7, 11) is 0. The van der Waals surface area contributed by atoms with Crippen molar-refractivity contribution in [1.82, 2.24) is 10.3 Å². The van der Waals surface area contributed by atoms with Gasteiger partial charge < -0.3 is 11.1 Å². The number of aryl methyl sites for hydroxylation is 1. The maximum atomic E-state index is 5.89. The van der Waals surface area contributed by atoms with Gasteiger partial charge in [-0.2, -0.15) is 0 Å². The molecule has 88 valence electrons. The normalized spacial score (nSPS) is 25.6. The van der Waals surface area contributed by atoms with Crippen molar-refractivity contribution in [3.05, 3.63) is 29.6 Å². The number of hydrogen-bond acceptors (Lipinski definition) is 3. The molecule has 3 N–H and O–H groups in total. The largest absolute Gasteiger partial charge is 0.328 e. The Labute approximate surface area is 97.5 Å². The highest BCUT2D eigenvalue weighted by Gasteiger charge is 2.17. The molecule has 1 heterocycles. The van der Waals surface area contributed by atoms with E-state index in [4.69, 9.17) is 5.73 Å². The Morgan fingerprint density at radius 2 is 2.12 bits per heavy atom. The number of nitrogens with zero attached hydrogens (tertiary/aromatic N) is 1. The quantitative estimate of drug-likeness (QED) is 0.814. The molecule has 0 unspecified atom stereocenters. The van der Waals surface area contributed by atoms with Gasteiger partial charge in [0, 0.05) is 30.5 Å². The number of rotatable bonds is 3. The molecule has 0 saturated heterocycles. The Morgan fingerprint density at radius 3 is 2.81 bits per heavy atom. The van der Waals surface area contributed by atoms with Crippen LogP contribution in [-0.4, -0.2) is 17.1 Å². The van der Waals surface area contributed by atoms with Gasteiger partial charge in [0.05, 0.1) is 0 Å². The lowest BCUT2D eigenvalue weighted by atomic mass is 9.92. The summed E-state index contributed by atoms with van der Waals surface area (Å²) >= 11 is 0. The minimum absolute atomic E-state index is 0.429. The molecule has 1 fully saturated rings. The number of pyridine rings is 1. The van der Waals surface area contributed by atoms with Crippen LogP contribution in [0.5, 0.6) is 0 Å². The average Bonchev–Trinajstić information content (AvgIpc) is 2.30. The Balaban J connectivity index is 1.81. The van der Waals surface area contributed by atoms with E-state index < -0.39 is 0 Å². The third kappa shape index (κ3) is 3.03. The van der Waals surface area contributed by atoms with Crippen molar-refractivity contribution in [2.24, 2.45) is 5.73 Å². The number of aromatic nitrogens is 1. The fourth-order valence-corrected chi connectivity index (χ4v) is 2.28. The lowest BCUT2D eigenvalue weighted by Crippen LogP contribution is -2.37. The van der Waals surface area contributed by atoms with Crippen molar-refractivity contribution in [2.45, 2.75) is 51.2 Å². The third-order valence-electron chi connectivity index (χ3n) is 3.47. The highest BCUT2D eigenvalue weighted by atomic mass is 14.9. The SMILES string of the molecule is Cc1ncccc1CNC1CCC(N)CC1. The van der Waals surface area contributed by atoms with Crippen LogP contribution in [0.3, 0.4) is 0 Å². The molecule has 1 aliphatic rings. The van der Waals surface area contributed by atoms with Crippen LogP contribution in [-0.2, 0) is 6.54 Å². The van der Waals surface area contributed by atoms with Crippen LogP contribution in [0.2, 0.25) is 0 Å². The van der Waals surface area contributed by atoms with Gasteiger partial charge in [-0.3, -0.25) is 4.98 Å². The Bertz CT molecular complexity index is 330. The summed E-state index contributed by atoms with van der Waals surface area (Å²) in [6.45, 7) is 2.99. The average molecular weight is 219 g/mol. The Morgan fingerprint density at radius 1 is 1.38 bits per heavy atom. The lowest BCUT2D eigenvalue weighted by molar-refractivity contribution is 0.341. The smallest absolute Gasteiger partial charge is 0.0417 e. The predicted octanol–water partition coefficient (Wildman–Crippen LogP) is 1.75. The Kier molecular flexibility index (Phi) is 3.91. The molecule has 3 heteroatoms. The third-order valence-corrected chi connectivity index (χ3v) is 3.47. The van der Waals surface area contributed by atoms with Gasteiger partial charge in [-0.05, 0) is 44.2 Å². The van der Waals surface area contributed by atoms with E-state index in [0.29, 0.717) is 12.1 Å². The molecule has 2 rings (SSSR count). The number of nitrogens with two attached hydrogens (primary N) is 1. The van der Waals surface area contributed by atoms with E-state index in [0.717, 1.165) is 25.1 Å². The first-order chi connectivity index (χ1) is 7.75. The van der Waals surface area contributed by atoms with E-state index in [9.17, 15) is 0 Å². The molecule has 1 aliphatic carbocycles. The molecule has 0 amide bonds. The van der Waals surface area contributed by atoms with E-state index in [1.54, 1.807) is 0 Å². The molecular weight excluding hydrogens is 198 g/mol. The van der Waals surface area contributed by atoms with Crippen molar-refractivity contribution in [3.8, 4) is 0 Å². The number of hydrogen-bond donors (Lipinski definition) is 2. The zero-order chi connectivity index (χ0) is 11.4. The summed E-state index contributed by atoms with van der Waals surface area (Å²) < 4.78 is 0. The summed E-state index contributed by atoms with van der Waals surface area (Å²) in [4.78, 5) is 4.29. The summed E-state index contributed by atoms with van der Waals surface area (Å²) in [6.07, 6.45) is 6.58. The number of nitrogens with one attached hydrogen (secondary N) is 1. The van der Waals surface area contributed by atoms with Gasteiger partial charge in [0.25, 0.3) is 0 Å². The maximum absolute atomic E-state index is 5.89. The van der Waals surface area contributed by atoms with Crippen LogP contribution < -0.4 is 11.1 Å². The van der Waals surface area contributed by atoms with Crippen LogP contribution in [0.25, 0.3) is 0 Å². The lowest BCUT2D eigenvalue weighted by Gasteiger charge is -2.27. The monoisotopic (exact) mass is 219 g/mol. The van der Waals surface area contributed by atoms with Crippen molar-refractivity contribution in [3.63, 3.8) is 0 Å². The van der Waals surface area contributed by atoms with Crippen LogP contribution in [0.4, 0.5) is 0 Å². The highest BCUT2D eigenvalue weighted by Crippen LogP contribution is 2.17. The van der Waals surface area contributed by atoms with Crippen molar-refractivity contribution in [2.75, 3.05) is 0 Å². The Hall–Kier alpha value is -0.930. The van der Waals surface area contributed by atoms with E-state index in [2.05, 4.69) is 23.3 Å². The molecule has 16 heavy (non-hydrogen) atoms. The van der Waals surface area contributed by atoms with Gasteiger partial charge in [0.1, 0.15) is 0 Å². The van der Waals surface area contributed by atoms with Crippen molar-refractivity contribution in [1.29, 1.82) is 0 Å². The van der Waals surface area contributed by atoms with Crippen molar-refractivity contribution < 1.29 is 0 Å². The second-order valence-corrected chi connectivity index (χ2v) is 4.74. The minimum atomic E-state index is 0.429. The zero-order valence-corrected chi connectivity index (χ0v) is 9.95. The van der Waals surface area contributed by atoms with Crippen LogP contribution in [0.15, 0.2) is 18.3 Å². The highest BCUT2D eigenvalue weighted by molar-refractivity contribution is 5.17. The summed E-state index contributed by atoms with van der Waals surface area (Å²) in [6, 6.07) is 5.21. The fourth-order valence-electron chi connectivity index (χ4n) is 2.28. The topological polar surface area (TPSA) is 50.9 Å². The molecule has 0 radical (unpaired) electrons. The molecule has 0 aliphatic heterocycles. The summed E-state index contributed by atoms with van der Waals surface area (Å²) in [5.74, 6) is 0. The van der Waals surface area contributed by atoms with E-state index in [1.165, 1.54) is 18.4 Å². The van der Waals surface area contributed by atoms with E-state index in [-0.39, 0.29) is 0 Å². The van der Waals surface area contributed by atoms with Gasteiger partial charge in [-0.1, -0.05) is 6.07 Å². The molecule has 0 bridgehead atoms. The van der Waals surface area contributed by atoms with Gasteiger partial charge in [0.15, 0.2) is 0 Å². The fraction of sp³-hybridized carbons (Fsp3) is 0.615. The van der Waals surface area contributed by atoms with Crippen LogP contribution >= 0.6 is 0 Å². The first kappa shape index (κ1) is 11.6. The van der Waals surface area contributed by atoms with Gasteiger partial charge in [0.2, 0.25) is 0 Å². The summed E-state index contributed by atoms with van der Waals surface area (Å²) in [5, 5.41) is 3.60. The van der Waals surface area contributed by atoms with Gasteiger partial charge >= 0.3 is 0 Å². The van der Waals surface area contributed by atoms with Crippen molar-refractivity contribution >= 4 is 0 Å². The standard InChI is InChI=1S/C13H21N3/c1-10-11(3-2-8-15-10)9-16-13-6-4-12(14)5-7-13/h2-3,8,12-13,16H,4-7,9,14H2,1H3. The molecule has 1 saturated carbocycles. The van der Waals surface area contributed by atoms with Gasteiger partial charge in [-0.15, -0.1) is 0 Å². The first-order valence-corrected chi connectivity index (χ1v) is 6.15.